The van der Waals surface area contributed by atoms with E-state index in [9.17, 15) is 0 Å². The van der Waals surface area contributed by atoms with Crippen LogP contribution in [-0.4, -0.2) is 12.1 Å². The third kappa shape index (κ3) is 2.09. The minimum atomic E-state index is 0.848. The lowest BCUT2D eigenvalue weighted by molar-refractivity contribution is 0.416. The van der Waals surface area contributed by atoms with Crippen LogP contribution in [0.2, 0.25) is 0 Å². The second-order valence-electron chi connectivity index (χ2n) is 3.52. The minimum absolute atomic E-state index is 0.848. The number of halogens is 1. The molecule has 2 rings (SSSR count). The zero-order chi connectivity index (χ0) is 11.5. The fraction of sp³-hybridized carbons (Fsp3) is 0.154. The molecule has 0 saturated carbocycles. The van der Waals surface area contributed by atoms with Crippen LogP contribution in [0.1, 0.15) is 5.56 Å². The average molecular weight is 278 g/mol. The third-order valence-electron chi connectivity index (χ3n) is 2.41. The van der Waals surface area contributed by atoms with E-state index >= 15 is 0 Å². The van der Waals surface area contributed by atoms with Gasteiger partial charge in [0.25, 0.3) is 0 Å². The number of ether oxygens (including phenoxy) is 1. The molecule has 0 aliphatic carbocycles. The Labute approximate surface area is 103 Å². The number of hydrogen-bond donors (Lipinski definition) is 0. The highest BCUT2D eigenvalue weighted by molar-refractivity contribution is 9.10. The van der Waals surface area contributed by atoms with E-state index in [4.69, 9.17) is 4.74 Å². The van der Waals surface area contributed by atoms with Gasteiger partial charge in [0.05, 0.1) is 12.8 Å². The number of benzene rings is 1. The van der Waals surface area contributed by atoms with E-state index in [0.717, 1.165) is 27.0 Å². The van der Waals surface area contributed by atoms with Gasteiger partial charge < -0.3 is 4.74 Å². The molecule has 3 heteroatoms. The molecule has 0 saturated heterocycles. The van der Waals surface area contributed by atoms with Crippen molar-refractivity contribution in [3.8, 4) is 17.0 Å². The topological polar surface area (TPSA) is 22.1 Å². The predicted octanol–water partition coefficient (Wildman–Crippen LogP) is 3.83. The Morgan fingerprint density at radius 2 is 2.00 bits per heavy atom. The van der Waals surface area contributed by atoms with E-state index in [1.807, 2.05) is 31.2 Å². The van der Waals surface area contributed by atoms with Crippen LogP contribution in [0.25, 0.3) is 11.3 Å². The second kappa shape index (κ2) is 4.66. The van der Waals surface area contributed by atoms with Crippen LogP contribution >= 0.6 is 15.9 Å². The van der Waals surface area contributed by atoms with Crippen LogP contribution in [0.3, 0.4) is 0 Å². The molecule has 0 bridgehead atoms. The normalized spacial score (nSPS) is 10.2. The monoisotopic (exact) mass is 277 g/mol. The number of para-hydroxylation sites is 1. The van der Waals surface area contributed by atoms with E-state index < -0.39 is 0 Å². The van der Waals surface area contributed by atoms with E-state index in [1.54, 1.807) is 13.3 Å². The summed E-state index contributed by atoms with van der Waals surface area (Å²) in [4.78, 5) is 4.43. The van der Waals surface area contributed by atoms with Crippen molar-refractivity contribution in [3.05, 3.63) is 46.6 Å². The number of hydrogen-bond acceptors (Lipinski definition) is 2. The Morgan fingerprint density at radius 1 is 1.25 bits per heavy atom. The fourth-order valence-corrected chi connectivity index (χ4v) is 2.11. The first-order valence-corrected chi connectivity index (χ1v) is 5.77. The lowest BCUT2D eigenvalue weighted by Crippen LogP contribution is -1.92. The molecule has 1 heterocycles. The first kappa shape index (κ1) is 11.1. The Hall–Kier alpha value is -1.35. The van der Waals surface area contributed by atoms with Crippen LogP contribution in [0.15, 0.2) is 41.0 Å². The summed E-state index contributed by atoms with van der Waals surface area (Å²) in [6.07, 6.45) is 1.80. The minimum Gasteiger partial charge on any atom is -0.496 e. The largest absolute Gasteiger partial charge is 0.496 e. The Morgan fingerprint density at radius 3 is 2.69 bits per heavy atom. The van der Waals surface area contributed by atoms with Gasteiger partial charge in [0.1, 0.15) is 5.75 Å². The number of methoxy groups -OCH3 is 1. The molecule has 0 amide bonds. The average Bonchev–Trinajstić information content (AvgIpc) is 2.29. The molecular weight excluding hydrogens is 266 g/mol. The van der Waals surface area contributed by atoms with E-state index in [-0.39, 0.29) is 0 Å². The lowest BCUT2D eigenvalue weighted by atomic mass is 10.1. The summed E-state index contributed by atoms with van der Waals surface area (Å²) in [5.74, 6) is 0.848. The molecular formula is C13H12BrNO. The number of aromatic nitrogens is 1. The Bertz CT molecular complexity index is 511. The van der Waals surface area contributed by atoms with Gasteiger partial charge in [-0.25, -0.2) is 0 Å². The summed E-state index contributed by atoms with van der Waals surface area (Å²) >= 11 is 3.41. The van der Waals surface area contributed by atoms with Crippen molar-refractivity contribution < 1.29 is 4.74 Å². The van der Waals surface area contributed by atoms with Crippen LogP contribution in [-0.2, 0) is 0 Å². The first-order valence-electron chi connectivity index (χ1n) is 4.98. The number of pyridine rings is 1. The quantitative estimate of drug-likeness (QED) is 0.833. The third-order valence-corrected chi connectivity index (χ3v) is 2.84. The van der Waals surface area contributed by atoms with Crippen LogP contribution in [0.5, 0.6) is 5.75 Å². The molecule has 0 unspecified atom stereocenters. The molecule has 0 aliphatic rings. The van der Waals surface area contributed by atoms with Gasteiger partial charge in [-0.15, -0.1) is 0 Å². The summed E-state index contributed by atoms with van der Waals surface area (Å²) in [7, 11) is 1.67. The van der Waals surface area contributed by atoms with Crippen molar-refractivity contribution in [2.45, 2.75) is 6.92 Å². The van der Waals surface area contributed by atoms with Gasteiger partial charge in [0.2, 0.25) is 0 Å². The number of rotatable bonds is 2. The van der Waals surface area contributed by atoms with Crippen molar-refractivity contribution in [3.63, 3.8) is 0 Å². The number of aryl methyl sites for hydroxylation is 1. The molecule has 2 aromatic rings. The molecule has 82 valence electrons. The van der Waals surface area contributed by atoms with Gasteiger partial charge in [0.15, 0.2) is 0 Å². The van der Waals surface area contributed by atoms with Crippen molar-refractivity contribution in [2.24, 2.45) is 0 Å². The van der Waals surface area contributed by atoms with Crippen LogP contribution in [0.4, 0.5) is 0 Å². The summed E-state index contributed by atoms with van der Waals surface area (Å²) in [5, 5.41) is 0. The SMILES string of the molecule is COc1ccccc1-c1ncc(Br)cc1C. The maximum absolute atomic E-state index is 5.33. The van der Waals surface area contributed by atoms with Crippen LogP contribution in [0, 0.1) is 6.92 Å². The van der Waals surface area contributed by atoms with Crippen molar-refractivity contribution in [2.75, 3.05) is 7.11 Å². The van der Waals surface area contributed by atoms with Gasteiger partial charge in [-0.1, -0.05) is 12.1 Å². The van der Waals surface area contributed by atoms with Crippen LogP contribution < -0.4 is 4.74 Å². The molecule has 0 radical (unpaired) electrons. The molecule has 0 spiro atoms. The lowest BCUT2D eigenvalue weighted by Gasteiger charge is -2.09. The summed E-state index contributed by atoms with van der Waals surface area (Å²) in [6.45, 7) is 2.04. The second-order valence-corrected chi connectivity index (χ2v) is 4.43. The predicted molar refractivity (Wildman–Crippen MR) is 68.7 cm³/mol. The van der Waals surface area contributed by atoms with Gasteiger partial charge in [-0.2, -0.15) is 0 Å². The first-order chi connectivity index (χ1) is 7.72. The highest BCUT2D eigenvalue weighted by Crippen LogP contribution is 2.30. The highest BCUT2D eigenvalue weighted by Gasteiger charge is 2.08. The Balaban J connectivity index is 2.58. The number of nitrogens with zero attached hydrogens (tertiary/aromatic N) is 1. The van der Waals surface area contributed by atoms with E-state index in [1.165, 1.54) is 0 Å². The molecule has 0 N–H and O–H groups in total. The smallest absolute Gasteiger partial charge is 0.128 e. The molecule has 1 aromatic carbocycles. The molecule has 0 aliphatic heterocycles. The van der Waals surface area contributed by atoms with Gasteiger partial charge >= 0.3 is 0 Å². The van der Waals surface area contributed by atoms with Crippen molar-refractivity contribution in [1.29, 1.82) is 0 Å². The van der Waals surface area contributed by atoms with Gasteiger partial charge in [-0.3, -0.25) is 4.98 Å². The maximum atomic E-state index is 5.33. The van der Waals surface area contributed by atoms with Gasteiger partial charge in [-0.05, 0) is 46.6 Å². The molecule has 0 atom stereocenters. The maximum Gasteiger partial charge on any atom is 0.128 e. The fourth-order valence-electron chi connectivity index (χ4n) is 1.66. The molecule has 16 heavy (non-hydrogen) atoms. The van der Waals surface area contributed by atoms with Crippen molar-refractivity contribution >= 4 is 15.9 Å². The summed E-state index contributed by atoms with van der Waals surface area (Å²) in [6, 6.07) is 9.95. The zero-order valence-electron chi connectivity index (χ0n) is 9.20. The zero-order valence-corrected chi connectivity index (χ0v) is 10.8. The van der Waals surface area contributed by atoms with Gasteiger partial charge in [0, 0.05) is 16.2 Å². The molecule has 1 aromatic heterocycles. The van der Waals surface area contributed by atoms with Crippen molar-refractivity contribution in [1.82, 2.24) is 4.98 Å². The van der Waals surface area contributed by atoms with E-state index in [2.05, 4.69) is 27.0 Å². The summed E-state index contributed by atoms with van der Waals surface area (Å²) < 4.78 is 6.32. The molecule has 2 nitrogen and oxygen atoms in total. The summed E-state index contributed by atoms with van der Waals surface area (Å²) in [5.41, 5.74) is 3.11. The standard InChI is InChI=1S/C13H12BrNO/c1-9-7-10(14)8-15-13(9)11-5-3-4-6-12(11)16-2/h3-8H,1-2H3. The Kier molecular flexibility index (Phi) is 3.25. The van der Waals surface area contributed by atoms with E-state index in [0.29, 0.717) is 0 Å². The molecule has 0 fully saturated rings. The highest BCUT2D eigenvalue weighted by atomic mass is 79.9.